The van der Waals surface area contributed by atoms with Gasteiger partial charge < -0.3 is 5.32 Å². The van der Waals surface area contributed by atoms with Gasteiger partial charge in [0.1, 0.15) is 5.82 Å². The Hall–Kier alpha value is -2.30. The van der Waals surface area contributed by atoms with Gasteiger partial charge in [-0.15, -0.1) is 0 Å². The number of aromatic amines is 1. The van der Waals surface area contributed by atoms with E-state index in [9.17, 15) is 9.59 Å². The van der Waals surface area contributed by atoms with Crippen LogP contribution in [0.3, 0.4) is 0 Å². The lowest BCUT2D eigenvalue weighted by atomic mass is 9.88. The van der Waals surface area contributed by atoms with E-state index in [0.717, 1.165) is 38.5 Å². The summed E-state index contributed by atoms with van der Waals surface area (Å²) in [5, 5.41) is 3.34. The molecule has 1 aliphatic carbocycles. The zero-order valence-corrected chi connectivity index (χ0v) is 14.2. The molecule has 0 saturated carbocycles. The molecule has 1 unspecified atom stereocenters. The number of hydrogen-bond acceptors (Lipinski definition) is 3. The summed E-state index contributed by atoms with van der Waals surface area (Å²) in [7, 11) is 0. The van der Waals surface area contributed by atoms with Crippen molar-refractivity contribution in [2.45, 2.75) is 58.0 Å². The number of nitrogens with one attached hydrogen (secondary N) is 2. The second kappa shape index (κ2) is 7.51. The van der Waals surface area contributed by atoms with Gasteiger partial charge in [0.2, 0.25) is 0 Å². The monoisotopic (exact) mass is 327 g/mol. The molecule has 1 heterocycles. The first kappa shape index (κ1) is 16.6. The molecule has 2 N–H and O–H groups in total. The number of hydrogen-bond donors (Lipinski definition) is 2. The molecule has 0 saturated heterocycles. The van der Waals surface area contributed by atoms with Crippen molar-refractivity contribution in [3.8, 4) is 0 Å². The van der Waals surface area contributed by atoms with Crippen molar-refractivity contribution in [2.24, 2.45) is 0 Å². The van der Waals surface area contributed by atoms with Crippen LogP contribution in [0.4, 0.5) is 5.82 Å². The van der Waals surface area contributed by atoms with E-state index in [-0.39, 0.29) is 17.3 Å². The van der Waals surface area contributed by atoms with Crippen LogP contribution in [0.5, 0.6) is 0 Å². The smallest absolute Gasteiger partial charge is 0.329 e. The molecule has 1 atom stereocenters. The van der Waals surface area contributed by atoms with E-state index in [4.69, 9.17) is 0 Å². The van der Waals surface area contributed by atoms with E-state index >= 15 is 0 Å². The summed E-state index contributed by atoms with van der Waals surface area (Å²) >= 11 is 0. The van der Waals surface area contributed by atoms with Gasteiger partial charge in [0.25, 0.3) is 5.56 Å². The van der Waals surface area contributed by atoms with Crippen LogP contribution in [-0.4, -0.2) is 9.55 Å². The van der Waals surface area contributed by atoms with Gasteiger partial charge in [-0.25, -0.2) is 4.79 Å². The molecule has 1 aromatic heterocycles. The summed E-state index contributed by atoms with van der Waals surface area (Å²) < 4.78 is 1.29. The first-order valence-electron chi connectivity index (χ1n) is 8.87. The predicted molar refractivity (Wildman–Crippen MR) is 96.6 cm³/mol. The van der Waals surface area contributed by atoms with E-state index in [1.807, 2.05) is 6.07 Å². The second-order valence-corrected chi connectivity index (χ2v) is 6.47. The van der Waals surface area contributed by atoms with E-state index in [0.29, 0.717) is 12.4 Å². The standard InChI is InChI=1S/C19H25N3O2/c1-2-3-6-12-22-18(23)13-17(21-19(22)24)20-16-11-7-9-14-8-4-5-10-15(14)16/h4-5,8,10,13,16,20H,2-3,6-7,9,11-12H2,1H3,(H,21,24). The van der Waals surface area contributed by atoms with Gasteiger partial charge in [0.05, 0.1) is 6.04 Å². The first-order chi connectivity index (χ1) is 11.7. The molecule has 24 heavy (non-hydrogen) atoms. The van der Waals surface area contributed by atoms with E-state index < -0.39 is 0 Å². The number of benzene rings is 1. The maximum Gasteiger partial charge on any atom is 0.329 e. The summed E-state index contributed by atoms with van der Waals surface area (Å²) in [6, 6.07) is 10.0. The summed E-state index contributed by atoms with van der Waals surface area (Å²) in [5.41, 5.74) is 2.04. The highest BCUT2D eigenvalue weighted by molar-refractivity contribution is 5.41. The van der Waals surface area contributed by atoms with Crippen molar-refractivity contribution in [1.29, 1.82) is 0 Å². The molecule has 0 amide bonds. The Morgan fingerprint density at radius 1 is 1.25 bits per heavy atom. The van der Waals surface area contributed by atoms with Crippen LogP contribution in [0.15, 0.2) is 39.9 Å². The van der Waals surface area contributed by atoms with Crippen LogP contribution >= 0.6 is 0 Å². The molecule has 0 spiro atoms. The molecule has 0 aliphatic heterocycles. The van der Waals surface area contributed by atoms with Crippen molar-refractivity contribution < 1.29 is 0 Å². The van der Waals surface area contributed by atoms with Gasteiger partial charge in [-0.05, 0) is 36.8 Å². The summed E-state index contributed by atoms with van der Waals surface area (Å²) in [6.07, 6.45) is 6.12. The van der Waals surface area contributed by atoms with Crippen molar-refractivity contribution in [2.75, 3.05) is 5.32 Å². The Morgan fingerprint density at radius 2 is 2.08 bits per heavy atom. The minimum absolute atomic E-state index is 0.140. The molecular weight excluding hydrogens is 302 g/mol. The highest BCUT2D eigenvalue weighted by Crippen LogP contribution is 2.31. The number of aryl methyl sites for hydroxylation is 1. The number of unbranched alkanes of at least 4 members (excludes halogenated alkanes) is 2. The molecule has 0 bridgehead atoms. The number of fused-ring (bicyclic) bond motifs is 1. The number of nitrogens with zero attached hydrogens (tertiary/aromatic N) is 1. The zero-order chi connectivity index (χ0) is 16.9. The minimum atomic E-state index is -0.329. The maximum atomic E-state index is 12.2. The maximum absolute atomic E-state index is 12.2. The molecule has 5 heteroatoms. The molecule has 128 valence electrons. The molecular formula is C19H25N3O2. The first-order valence-corrected chi connectivity index (χ1v) is 8.87. The van der Waals surface area contributed by atoms with Crippen LogP contribution in [-0.2, 0) is 13.0 Å². The number of aromatic nitrogens is 2. The fourth-order valence-corrected chi connectivity index (χ4v) is 3.42. The van der Waals surface area contributed by atoms with Gasteiger partial charge in [-0.2, -0.15) is 0 Å². The second-order valence-electron chi connectivity index (χ2n) is 6.47. The SMILES string of the molecule is CCCCCn1c(=O)cc(NC2CCCc3ccccc32)[nH]c1=O. The molecule has 5 nitrogen and oxygen atoms in total. The van der Waals surface area contributed by atoms with E-state index in [2.05, 4.69) is 35.4 Å². The Balaban J connectivity index is 1.80. The van der Waals surface area contributed by atoms with Gasteiger partial charge in [0.15, 0.2) is 0 Å². The Morgan fingerprint density at radius 3 is 2.88 bits per heavy atom. The average molecular weight is 327 g/mol. The molecule has 3 rings (SSSR count). The lowest BCUT2D eigenvalue weighted by Gasteiger charge is -2.27. The van der Waals surface area contributed by atoms with Crippen LogP contribution in [0.1, 0.15) is 56.2 Å². The quantitative estimate of drug-likeness (QED) is 0.801. The fourth-order valence-electron chi connectivity index (χ4n) is 3.42. The highest BCUT2D eigenvalue weighted by Gasteiger charge is 2.20. The number of anilines is 1. The third-order valence-corrected chi connectivity index (χ3v) is 4.71. The van der Waals surface area contributed by atoms with Gasteiger partial charge >= 0.3 is 5.69 Å². The topological polar surface area (TPSA) is 66.9 Å². The summed E-state index contributed by atoms with van der Waals surface area (Å²) in [6.45, 7) is 2.58. The van der Waals surface area contributed by atoms with Crippen molar-refractivity contribution in [1.82, 2.24) is 9.55 Å². The minimum Gasteiger partial charge on any atom is -0.365 e. The van der Waals surface area contributed by atoms with Crippen LogP contribution in [0.25, 0.3) is 0 Å². The largest absolute Gasteiger partial charge is 0.365 e. The Labute approximate surface area is 141 Å². The molecule has 0 radical (unpaired) electrons. The number of rotatable bonds is 6. The van der Waals surface area contributed by atoms with Gasteiger partial charge in [0, 0.05) is 12.6 Å². The molecule has 2 aromatic rings. The van der Waals surface area contributed by atoms with Crippen molar-refractivity contribution in [3.63, 3.8) is 0 Å². The molecule has 1 aliphatic rings. The van der Waals surface area contributed by atoms with Crippen molar-refractivity contribution >= 4 is 5.82 Å². The third kappa shape index (κ3) is 3.61. The Bertz CT molecular complexity index is 775. The van der Waals surface area contributed by atoms with Crippen LogP contribution in [0, 0.1) is 0 Å². The van der Waals surface area contributed by atoms with Gasteiger partial charge in [-0.3, -0.25) is 14.3 Å². The summed E-state index contributed by atoms with van der Waals surface area (Å²) in [5.74, 6) is 0.512. The predicted octanol–water partition coefficient (Wildman–Crippen LogP) is 3.22. The fraction of sp³-hybridized carbons (Fsp3) is 0.474. The zero-order valence-electron chi connectivity index (χ0n) is 14.2. The van der Waals surface area contributed by atoms with Crippen LogP contribution in [0.2, 0.25) is 0 Å². The highest BCUT2D eigenvalue weighted by atomic mass is 16.2. The Kier molecular flexibility index (Phi) is 5.18. The van der Waals surface area contributed by atoms with Crippen LogP contribution < -0.4 is 16.6 Å². The van der Waals surface area contributed by atoms with Crippen molar-refractivity contribution in [3.05, 3.63) is 62.3 Å². The third-order valence-electron chi connectivity index (χ3n) is 4.71. The lowest BCUT2D eigenvalue weighted by molar-refractivity contribution is 0.560. The summed E-state index contributed by atoms with van der Waals surface area (Å²) in [4.78, 5) is 27.3. The lowest BCUT2D eigenvalue weighted by Crippen LogP contribution is -2.35. The van der Waals surface area contributed by atoms with E-state index in [1.54, 1.807) is 0 Å². The average Bonchev–Trinajstić information content (AvgIpc) is 2.58. The molecule has 0 fully saturated rings. The van der Waals surface area contributed by atoms with E-state index in [1.165, 1.54) is 21.8 Å². The molecule has 1 aromatic carbocycles. The normalized spacial score (nSPS) is 16.6. The van der Waals surface area contributed by atoms with Gasteiger partial charge in [-0.1, -0.05) is 44.0 Å². The number of H-pyrrole nitrogens is 1.